The van der Waals surface area contributed by atoms with E-state index < -0.39 is 5.60 Å². The second-order valence-electron chi connectivity index (χ2n) is 5.39. The smallest absolute Gasteiger partial charge is 0.220 e. The molecule has 106 valence electrons. The third-order valence-corrected chi connectivity index (χ3v) is 4.16. The predicted octanol–water partition coefficient (Wildman–Crippen LogP) is 1.14. The van der Waals surface area contributed by atoms with Crippen molar-refractivity contribution >= 4 is 17.7 Å². The number of amides is 1. The zero-order valence-electron chi connectivity index (χ0n) is 11.5. The number of hydrogen-bond donors (Lipinski definition) is 3. The number of nitrogens with one attached hydrogen (secondary N) is 2. The first-order chi connectivity index (χ1) is 8.53. The Hall–Kier alpha value is -0.260. The van der Waals surface area contributed by atoms with Crippen LogP contribution in [0.4, 0.5) is 0 Å². The van der Waals surface area contributed by atoms with Crippen LogP contribution >= 0.6 is 11.8 Å². The van der Waals surface area contributed by atoms with Gasteiger partial charge in [0.05, 0.1) is 5.60 Å². The van der Waals surface area contributed by atoms with Gasteiger partial charge in [0.2, 0.25) is 5.91 Å². The number of piperidine rings is 1. The maximum absolute atomic E-state index is 11.7. The number of rotatable bonds is 7. The molecule has 0 saturated carbocycles. The van der Waals surface area contributed by atoms with Gasteiger partial charge in [-0.15, -0.1) is 0 Å². The van der Waals surface area contributed by atoms with Crippen LogP contribution in [0.15, 0.2) is 0 Å². The highest BCUT2D eigenvalue weighted by atomic mass is 32.2. The monoisotopic (exact) mass is 274 g/mol. The summed E-state index contributed by atoms with van der Waals surface area (Å²) in [6.45, 7) is 3.17. The zero-order valence-corrected chi connectivity index (χ0v) is 12.3. The SMILES string of the molecule is CSCC(C)(O)CNC(=O)CCC1CCCCN1. The van der Waals surface area contributed by atoms with Gasteiger partial charge in [-0.05, 0) is 39.0 Å². The summed E-state index contributed by atoms with van der Waals surface area (Å²) in [5.74, 6) is 0.682. The Balaban J connectivity index is 2.13. The van der Waals surface area contributed by atoms with Gasteiger partial charge in [-0.1, -0.05) is 6.42 Å². The zero-order chi connectivity index (χ0) is 13.4. The summed E-state index contributed by atoms with van der Waals surface area (Å²) in [6.07, 6.45) is 7.09. The molecule has 18 heavy (non-hydrogen) atoms. The van der Waals surface area contributed by atoms with Crippen molar-refractivity contribution in [2.75, 3.05) is 25.1 Å². The van der Waals surface area contributed by atoms with Crippen molar-refractivity contribution in [2.45, 2.75) is 50.7 Å². The first kappa shape index (κ1) is 15.8. The molecule has 0 spiro atoms. The normalized spacial score (nSPS) is 23.4. The molecule has 0 aromatic heterocycles. The minimum absolute atomic E-state index is 0.0451. The Morgan fingerprint density at radius 3 is 2.94 bits per heavy atom. The van der Waals surface area contributed by atoms with Gasteiger partial charge in [-0.25, -0.2) is 0 Å². The molecule has 0 bridgehead atoms. The fourth-order valence-electron chi connectivity index (χ4n) is 2.22. The van der Waals surface area contributed by atoms with E-state index >= 15 is 0 Å². The first-order valence-corrected chi connectivity index (χ1v) is 8.14. The molecule has 0 aliphatic carbocycles. The largest absolute Gasteiger partial charge is 0.387 e. The summed E-state index contributed by atoms with van der Waals surface area (Å²) in [7, 11) is 0. The van der Waals surface area contributed by atoms with Crippen LogP contribution < -0.4 is 10.6 Å². The number of hydrogen-bond acceptors (Lipinski definition) is 4. The minimum atomic E-state index is -0.807. The van der Waals surface area contributed by atoms with Crippen molar-refractivity contribution in [2.24, 2.45) is 0 Å². The lowest BCUT2D eigenvalue weighted by molar-refractivity contribution is -0.122. The molecule has 1 fully saturated rings. The molecule has 2 unspecified atom stereocenters. The Kier molecular flexibility index (Phi) is 7.04. The van der Waals surface area contributed by atoms with Gasteiger partial charge in [0.25, 0.3) is 0 Å². The Bertz CT molecular complexity index is 253. The molecular weight excluding hydrogens is 248 g/mol. The Morgan fingerprint density at radius 1 is 1.56 bits per heavy atom. The molecule has 3 N–H and O–H groups in total. The fraction of sp³-hybridized carbons (Fsp3) is 0.923. The van der Waals surface area contributed by atoms with Gasteiger partial charge in [0, 0.05) is 24.8 Å². The van der Waals surface area contributed by atoms with Crippen LogP contribution in [-0.2, 0) is 4.79 Å². The van der Waals surface area contributed by atoms with Gasteiger partial charge in [-0.2, -0.15) is 11.8 Å². The maximum Gasteiger partial charge on any atom is 0.220 e. The van der Waals surface area contributed by atoms with E-state index in [2.05, 4.69) is 10.6 Å². The van der Waals surface area contributed by atoms with Crippen molar-refractivity contribution < 1.29 is 9.90 Å². The van der Waals surface area contributed by atoms with Crippen molar-refractivity contribution in [1.29, 1.82) is 0 Å². The van der Waals surface area contributed by atoms with E-state index in [9.17, 15) is 9.90 Å². The van der Waals surface area contributed by atoms with Crippen LogP contribution in [0.25, 0.3) is 0 Å². The van der Waals surface area contributed by atoms with Crippen molar-refractivity contribution in [3.05, 3.63) is 0 Å². The van der Waals surface area contributed by atoms with Crippen molar-refractivity contribution in [3.8, 4) is 0 Å². The molecule has 2 atom stereocenters. The van der Waals surface area contributed by atoms with E-state index in [1.165, 1.54) is 19.3 Å². The van der Waals surface area contributed by atoms with E-state index in [1.807, 2.05) is 6.26 Å². The number of carbonyl (C=O) groups is 1. The van der Waals surface area contributed by atoms with Crippen LogP contribution in [0.3, 0.4) is 0 Å². The highest BCUT2D eigenvalue weighted by Crippen LogP contribution is 2.12. The summed E-state index contributed by atoms with van der Waals surface area (Å²) in [5, 5.41) is 16.2. The second kappa shape index (κ2) is 8.02. The van der Waals surface area contributed by atoms with E-state index in [0.29, 0.717) is 24.8 Å². The second-order valence-corrected chi connectivity index (χ2v) is 6.26. The number of carbonyl (C=O) groups excluding carboxylic acids is 1. The molecule has 1 saturated heterocycles. The standard InChI is InChI=1S/C13H26N2O2S/c1-13(17,10-18-2)9-15-12(16)7-6-11-5-3-4-8-14-11/h11,14,17H,3-10H2,1-2H3,(H,15,16). The van der Waals surface area contributed by atoms with Gasteiger partial charge in [0.1, 0.15) is 0 Å². The van der Waals surface area contributed by atoms with Crippen molar-refractivity contribution in [1.82, 2.24) is 10.6 Å². The van der Waals surface area contributed by atoms with E-state index in [0.717, 1.165) is 13.0 Å². The molecular formula is C13H26N2O2S. The first-order valence-electron chi connectivity index (χ1n) is 6.75. The fourth-order valence-corrected chi connectivity index (χ4v) is 2.94. The summed E-state index contributed by atoms with van der Waals surface area (Å²) in [4.78, 5) is 11.7. The Morgan fingerprint density at radius 2 is 2.33 bits per heavy atom. The third-order valence-electron chi connectivity index (χ3n) is 3.25. The van der Waals surface area contributed by atoms with Gasteiger partial charge < -0.3 is 15.7 Å². The van der Waals surface area contributed by atoms with Crippen LogP contribution in [0.5, 0.6) is 0 Å². The number of thioether (sulfide) groups is 1. The molecule has 1 aliphatic rings. The summed E-state index contributed by atoms with van der Waals surface area (Å²) >= 11 is 1.59. The minimum Gasteiger partial charge on any atom is -0.387 e. The average molecular weight is 274 g/mol. The van der Waals surface area contributed by atoms with Crippen LogP contribution in [-0.4, -0.2) is 47.8 Å². The van der Waals surface area contributed by atoms with Gasteiger partial charge in [-0.3, -0.25) is 4.79 Å². The van der Waals surface area contributed by atoms with E-state index in [4.69, 9.17) is 0 Å². The molecule has 0 aromatic rings. The summed E-state index contributed by atoms with van der Waals surface area (Å²) in [5.41, 5.74) is -0.807. The molecule has 4 nitrogen and oxygen atoms in total. The molecule has 1 aliphatic heterocycles. The lowest BCUT2D eigenvalue weighted by Gasteiger charge is -2.24. The topological polar surface area (TPSA) is 61.4 Å². The van der Waals surface area contributed by atoms with Crippen LogP contribution in [0.1, 0.15) is 39.0 Å². The third kappa shape index (κ3) is 6.61. The van der Waals surface area contributed by atoms with Crippen LogP contribution in [0, 0.1) is 0 Å². The predicted molar refractivity (Wildman–Crippen MR) is 76.9 cm³/mol. The Labute approximate surface area is 114 Å². The number of aliphatic hydroxyl groups is 1. The molecule has 0 radical (unpaired) electrons. The maximum atomic E-state index is 11.7. The van der Waals surface area contributed by atoms with E-state index in [1.54, 1.807) is 18.7 Å². The molecule has 5 heteroatoms. The molecule has 1 rings (SSSR count). The van der Waals surface area contributed by atoms with Crippen molar-refractivity contribution in [3.63, 3.8) is 0 Å². The molecule has 0 aromatic carbocycles. The average Bonchev–Trinajstić information content (AvgIpc) is 2.35. The van der Waals surface area contributed by atoms with Gasteiger partial charge in [0.15, 0.2) is 0 Å². The summed E-state index contributed by atoms with van der Waals surface area (Å²) in [6, 6.07) is 0.496. The molecule has 1 heterocycles. The highest BCUT2D eigenvalue weighted by Gasteiger charge is 2.20. The van der Waals surface area contributed by atoms with E-state index in [-0.39, 0.29) is 5.91 Å². The summed E-state index contributed by atoms with van der Waals surface area (Å²) < 4.78 is 0. The quantitative estimate of drug-likeness (QED) is 0.651. The highest BCUT2D eigenvalue weighted by molar-refractivity contribution is 7.98. The molecule has 1 amide bonds. The lowest BCUT2D eigenvalue weighted by atomic mass is 10.0. The van der Waals surface area contributed by atoms with Crippen LogP contribution in [0.2, 0.25) is 0 Å². The van der Waals surface area contributed by atoms with Gasteiger partial charge >= 0.3 is 0 Å². The lowest BCUT2D eigenvalue weighted by Crippen LogP contribution is -2.43.